The Balaban J connectivity index is 2.08. The summed E-state index contributed by atoms with van der Waals surface area (Å²) >= 11 is 3.48. The lowest BCUT2D eigenvalue weighted by Crippen LogP contribution is -2.16. The predicted octanol–water partition coefficient (Wildman–Crippen LogP) is 4.15. The van der Waals surface area contributed by atoms with E-state index in [1.165, 1.54) is 5.56 Å². The van der Waals surface area contributed by atoms with Crippen molar-refractivity contribution >= 4 is 15.9 Å². The highest BCUT2D eigenvalue weighted by Gasteiger charge is 2.13. The lowest BCUT2D eigenvalue weighted by molar-refractivity contribution is 0.507. The van der Waals surface area contributed by atoms with Gasteiger partial charge in [0.25, 0.3) is 0 Å². The van der Waals surface area contributed by atoms with Crippen molar-refractivity contribution in [2.24, 2.45) is 0 Å². The summed E-state index contributed by atoms with van der Waals surface area (Å²) in [5, 5.41) is 0. The van der Waals surface area contributed by atoms with Gasteiger partial charge < -0.3 is 9.13 Å². The molecule has 0 radical (unpaired) electrons. The van der Waals surface area contributed by atoms with Crippen LogP contribution in [0.4, 0.5) is 0 Å². The van der Waals surface area contributed by atoms with Crippen LogP contribution in [0.15, 0.2) is 77.8 Å². The monoisotopic (exact) mass is 300 g/mol. The second-order valence-electron chi connectivity index (χ2n) is 4.19. The minimum absolute atomic E-state index is 0.170. The third-order valence-electron chi connectivity index (χ3n) is 2.99. The lowest BCUT2D eigenvalue weighted by atomic mass is 10.1. The third kappa shape index (κ3) is 2.14. The van der Waals surface area contributed by atoms with Crippen LogP contribution in [0.25, 0.3) is 0 Å². The number of hydrogen-bond donors (Lipinski definition) is 0. The van der Waals surface area contributed by atoms with Gasteiger partial charge in [0.1, 0.15) is 6.17 Å². The molecule has 0 aliphatic carbocycles. The molecule has 0 unspecified atom stereocenters. The van der Waals surface area contributed by atoms with Crippen LogP contribution in [0.1, 0.15) is 11.7 Å². The van der Waals surface area contributed by atoms with Gasteiger partial charge in [-0.05, 0) is 42.0 Å². The fourth-order valence-corrected chi connectivity index (χ4v) is 2.42. The van der Waals surface area contributed by atoms with E-state index in [0.29, 0.717) is 0 Å². The summed E-state index contributed by atoms with van der Waals surface area (Å²) in [5.74, 6) is 0. The highest BCUT2D eigenvalue weighted by Crippen LogP contribution is 2.22. The van der Waals surface area contributed by atoms with Crippen LogP contribution in [0, 0.1) is 0 Å². The molecule has 1 aromatic carbocycles. The van der Waals surface area contributed by atoms with Crippen molar-refractivity contribution in [1.29, 1.82) is 0 Å². The summed E-state index contributed by atoms with van der Waals surface area (Å²) < 4.78 is 5.50. The molecule has 0 amide bonds. The zero-order valence-electron chi connectivity index (χ0n) is 9.78. The smallest absolute Gasteiger partial charge is 0.135 e. The maximum atomic E-state index is 3.48. The zero-order valence-corrected chi connectivity index (χ0v) is 11.4. The second kappa shape index (κ2) is 4.86. The first-order valence-electron chi connectivity index (χ1n) is 5.85. The van der Waals surface area contributed by atoms with Crippen LogP contribution in [-0.2, 0) is 0 Å². The normalized spacial score (nSPS) is 11.0. The highest BCUT2D eigenvalue weighted by molar-refractivity contribution is 9.10. The van der Waals surface area contributed by atoms with Gasteiger partial charge >= 0.3 is 0 Å². The molecule has 0 atom stereocenters. The van der Waals surface area contributed by atoms with Gasteiger partial charge in [-0.15, -0.1) is 0 Å². The largest absolute Gasteiger partial charge is 0.329 e. The van der Waals surface area contributed by atoms with Crippen molar-refractivity contribution in [2.75, 3.05) is 0 Å². The lowest BCUT2D eigenvalue weighted by Gasteiger charge is -2.21. The summed E-state index contributed by atoms with van der Waals surface area (Å²) in [4.78, 5) is 0. The molecule has 90 valence electrons. The Morgan fingerprint density at radius 3 is 1.61 bits per heavy atom. The molecule has 3 rings (SSSR count). The number of halogens is 1. The van der Waals surface area contributed by atoms with Gasteiger partial charge in [0.2, 0.25) is 0 Å². The van der Waals surface area contributed by atoms with Crippen molar-refractivity contribution in [2.45, 2.75) is 6.17 Å². The van der Waals surface area contributed by atoms with Crippen molar-refractivity contribution in [3.63, 3.8) is 0 Å². The summed E-state index contributed by atoms with van der Waals surface area (Å²) in [6.07, 6.45) is 8.53. The van der Waals surface area contributed by atoms with E-state index in [0.717, 1.165) is 4.47 Å². The van der Waals surface area contributed by atoms with Gasteiger partial charge in [-0.3, -0.25) is 0 Å². The Morgan fingerprint density at radius 1 is 0.722 bits per heavy atom. The van der Waals surface area contributed by atoms with Gasteiger partial charge in [-0.2, -0.15) is 0 Å². The zero-order chi connectivity index (χ0) is 12.4. The van der Waals surface area contributed by atoms with Crippen molar-refractivity contribution < 1.29 is 0 Å². The first-order valence-corrected chi connectivity index (χ1v) is 6.64. The fraction of sp³-hybridized carbons (Fsp3) is 0.0667. The molecule has 0 aliphatic rings. The predicted molar refractivity (Wildman–Crippen MR) is 76.5 cm³/mol. The minimum Gasteiger partial charge on any atom is -0.329 e. The number of benzene rings is 1. The van der Waals surface area contributed by atoms with Crippen LogP contribution in [0.2, 0.25) is 0 Å². The van der Waals surface area contributed by atoms with Crippen molar-refractivity contribution in [1.82, 2.24) is 9.13 Å². The maximum absolute atomic E-state index is 3.48. The summed E-state index contributed by atoms with van der Waals surface area (Å²) in [5.41, 5.74) is 1.26. The van der Waals surface area contributed by atoms with Gasteiger partial charge in [-0.25, -0.2) is 0 Å². The molecule has 0 aliphatic heterocycles. The molecular formula is C15H13BrN2. The molecule has 3 heteroatoms. The molecule has 0 fully saturated rings. The van der Waals surface area contributed by atoms with E-state index in [-0.39, 0.29) is 6.17 Å². The quantitative estimate of drug-likeness (QED) is 0.688. The first kappa shape index (κ1) is 11.4. The topological polar surface area (TPSA) is 9.86 Å². The molecular weight excluding hydrogens is 288 g/mol. The second-order valence-corrected chi connectivity index (χ2v) is 5.10. The molecule has 0 bridgehead atoms. The van der Waals surface area contributed by atoms with Gasteiger partial charge in [-0.1, -0.05) is 28.1 Å². The fourth-order valence-electron chi connectivity index (χ4n) is 2.15. The Morgan fingerprint density at radius 2 is 1.17 bits per heavy atom. The molecule has 3 aromatic rings. The van der Waals surface area contributed by atoms with E-state index in [9.17, 15) is 0 Å². The number of rotatable bonds is 3. The SMILES string of the molecule is Brc1ccc(C(n2cccc2)n2cccc2)cc1. The first-order chi connectivity index (χ1) is 8.84. The molecule has 18 heavy (non-hydrogen) atoms. The van der Waals surface area contributed by atoms with E-state index < -0.39 is 0 Å². The maximum Gasteiger partial charge on any atom is 0.135 e. The number of hydrogen-bond acceptors (Lipinski definition) is 0. The van der Waals surface area contributed by atoms with Gasteiger partial charge in [0.05, 0.1) is 0 Å². The van der Waals surface area contributed by atoms with Gasteiger partial charge in [0, 0.05) is 29.3 Å². The number of aromatic nitrogens is 2. The van der Waals surface area contributed by atoms with Crippen molar-refractivity contribution in [3.8, 4) is 0 Å². The Bertz CT molecular complexity index is 560. The average Bonchev–Trinajstić information content (AvgIpc) is 3.06. The summed E-state index contributed by atoms with van der Waals surface area (Å²) in [6.45, 7) is 0. The van der Waals surface area contributed by atoms with Crippen LogP contribution in [-0.4, -0.2) is 9.13 Å². The molecule has 2 heterocycles. The van der Waals surface area contributed by atoms with E-state index >= 15 is 0 Å². The molecule has 0 saturated heterocycles. The Kier molecular flexibility index (Phi) is 3.07. The molecule has 0 spiro atoms. The Hall–Kier alpha value is -1.74. The molecule has 0 saturated carbocycles. The van der Waals surface area contributed by atoms with Crippen LogP contribution < -0.4 is 0 Å². The van der Waals surface area contributed by atoms with E-state index in [1.54, 1.807) is 0 Å². The average molecular weight is 301 g/mol. The Labute approximate surface area is 115 Å². The van der Waals surface area contributed by atoms with Crippen molar-refractivity contribution in [3.05, 3.63) is 83.4 Å². The summed E-state index contributed by atoms with van der Waals surface area (Å²) in [6, 6.07) is 16.7. The van der Waals surface area contributed by atoms with E-state index in [2.05, 4.69) is 98.4 Å². The summed E-state index contributed by atoms with van der Waals surface area (Å²) in [7, 11) is 0. The van der Waals surface area contributed by atoms with Crippen LogP contribution in [0.3, 0.4) is 0 Å². The standard InChI is InChI=1S/C15H13BrN2/c16-14-7-5-13(6-8-14)15(17-9-1-2-10-17)18-11-3-4-12-18/h1-12,15H. The number of nitrogens with zero attached hydrogens (tertiary/aromatic N) is 2. The molecule has 2 aromatic heterocycles. The highest BCUT2D eigenvalue weighted by atomic mass is 79.9. The molecule has 0 N–H and O–H groups in total. The van der Waals surface area contributed by atoms with E-state index in [1.807, 2.05) is 0 Å². The third-order valence-corrected chi connectivity index (χ3v) is 3.52. The van der Waals surface area contributed by atoms with Crippen LogP contribution >= 0.6 is 15.9 Å². The van der Waals surface area contributed by atoms with Gasteiger partial charge in [0.15, 0.2) is 0 Å². The van der Waals surface area contributed by atoms with Crippen LogP contribution in [0.5, 0.6) is 0 Å². The minimum atomic E-state index is 0.170. The van der Waals surface area contributed by atoms with E-state index in [4.69, 9.17) is 0 Å². The molecule has 2 nitrogen and oxygen atoms in total.